The van der Waals surface area contributed by atoms with Crippen molar-refractivity contribution in [1.82, 2.24) is 4.90 Å². The molecule has 0 aliphatic heterocycles. The van der Waals surface area contributed by atoms with E-state index in [1.807, 2.05) is 32.9 Å². The van der Waals surface area contributed by atoms with Crippen LogP contribution in [-0.4, -0.2) is 34.0 Å². The van der Waals surface area contributed by atoms with Gasteiger partial charge in [-0.3, -0.25) is 9.59 Å². The summed E-state index contributed by atoms with van der Waals surface area (Å²) in [4.78, 5) is 24.9. The zero-order valence-electron chi connectivity index (χ0n) is 13.7. The number of amides is 1. The van der Waals surface area contributed by atoms with E-state index in [-0.39, 0.29) is 17.9 Å². The highest BCUT2D eigenvalue weighted by Gasteiger charge is 2.29. The van der Waals surface area contributed by atoms with Gasteiger partial charge in [0.15, 0.2) is 0 Å². The van der Waals surface area contributed by atoms with E-state index in [1.165, 1.54) is 4.90 Å². The lowest BCUT2D eigenvalue weighted by molar-refractivity contribution is -0.138. The van der Waals surface area contributed by atoms with Crippen LogP contribution in [0.15, 0.2) is 24.3 Å². The third-order valence-electron chi connectivity index (χ3n) is 3.35. The van der Waals surface area contributed by atoms with Gasteiger partial charge in [0.05, 0.1) is 0 Å². The lowest BCUT2D eigenvalue weighted by Gasteiger charge is -2.34. The Morgan fingerprint density at radius 3 is 1.81 bits per heavy atom. The van der Waals surface area contributed by atoms with E-state index in [2.05, 4.69) is 20.8 Å². The third kappa shape index (κ3) is 4.59. The van der Waals surface area contributed by atoms with Crippen LogP contribution in [0.25, 0.3) is 0 Å². The molecule has 0 aromatic heterocycles. The largest absolute Gasteiger partial charge is 0.480 e. The summed E-state index contributed by atoms with van der Waals surface area (Å²) >= 11 is 0. The molecule has 0 aliphatic rings. The van der Waals surface area contributed by atoms with E-state index in [1.54, 1.807) is 12.1 Å². The maximum absolute atomic E-state index is 12.6. The molecule has 1 N–H and O–H groups in total. The van der Waals surface area contributed by atoms with Crippen molar-refractivity contribution >= 4 is 11.9 Å². The van der Waals surface area contributed by atoms with Gasteiger partial charge in [-0.2, -0.15) is 0 Å². The van der Waals surface area contributed by atoms with E-state index in [4.69, 9.17) is 5.11 Å². The van der Waals surface area contributed by atoms with Gasteiger partial charge in [-0.25, -0.2) is 0 Å². The molecule has 4 nitrogen and oxygen atoms in total. The number of rotatable bonds is 3. The molecule has 1 aromatic rings. The van der Waals surface area contributed by atoms with Gasteiger partial charge < -0.3 is 10.0 Å². The molecule has 1 amide bonds. The lowest BCUT2D eigenvalue weighted by atomic mass is 9.86. The Kier molecular flexibility index (Phi) is 4.82. The van der Waals surface area contributed by atoms with Crippen molar-refractivity contribution in [2.75, 3.05) is 6.54 Å². The average Bonchev–Trinajstić information content (AvgIpc) is 2.33. The molecule has 0 fully saturated rings. The van der Waals surface area contributed by atoms with Crippen LogP contribution in [0.3, 0.4) is 0 Å². The van der Waals surface area contributed by atoms with Crippen LogP contribution in [0.5, 0.6) is 0 Å². The smallest absolute Gasteiger partial charge is 0.323 e. The number of nitrogens with zero attached hydrogens (tertiary/aromatic N) is 1. The molecule has 4 heteroatoms. The van der Waals surface area contributed by atoms with Gasteiger partial charge in [-0.05, 0) is 43.9 Å². The quantitative estimate of drug-likeness (QED) is 0.929. The summed E-state index contributed by atoms with van der Waals surface area (Å²) in [5.74, 6) is -1.27. The molecule has 0 atom stereocenters. The molecule has 0 heterocycles. The summed E-state index contributed by atoms with van der Waals surface area (Å²) < 4.78 is 0. The highest BCUT2D eigenvalue weighted by atomic mass is 16.4. The van der Waals surface area contributed by atoms with Gasteiger partial charge in [0.2, 0.25) is 0 Å². The van der Waals surface area contributed by atoms with Crippen molar-refractivity contribution in [3.8, 4) is 0 Å². The Bertz CT molecular complexity index is 518. The van der Waals surface area contributed by atoms with Crippen molar-refractivity contribution < 1.29 is 14.7 Å². The molecule has 0 aliphatic carbocycles. The molecule has 0 unspecified atom stereocenters. The Hall–Kier alpha value is -1.84. The highest BCUT2D eigenvalue weighted by Crippen LogP contribution is 2.23. The molecular formula is C17H25NO3. The first-order valence-corrected chi connectivity index (χ1v) is 7.07. The van der Waals surface area contributed by atoms with Crippen LogP contribution in [0, 0.1) is 0 Å². The average molecular weight is 291 g/mol. The second kappa shape index (κ2) is 5.88. The fourth-order valence-corrected chi connectivity index (χ4v) is 2.02. The summed E-state index contributed by atoms with van der Waals surface area (Å²) in [6.07, 6.45) is 0. The predicted molar refractivity (Wildman–Crippen MR) is 83.6 cm³/mol. The van der Waals surface area contributed by atoms with Gasteiger partial charge in [-0.15, -0.1) is 0 Å². The molecular weight excluding hydrogens is 266 g/mol. The summed E-state index contributed by atoms with van der Waals surface area (Å²) in [6.45, 7) is 11.5. The highest BCUT2D eigenvalue weighted by molar-refractivity contribution is 5.96. The van der Waals surface area contributed by atoms with E-state index in [0.29, 0.717) is 5.56 Å². The van der Waals surface area contributed by atoms with Crippen LogP contribution in [0.4, 0.5) is 0 Å². The minimum absolute atomic E-state index is 0.0202. The van der Waals surface area contributed by atoms with Crippen molar-refractivity contribution in [1.29, 1.82) is 0 Å². The SMILES string of the molecule is CC(C)(C)c1ccc(C(=O)N(CC(=O)O)C(C)(C)C)cc1. The second-order valence-electron chi connectivity index (χ2n) is 7.28. The van der Waals surface area contributed by atoms with Gasteiger partial charge in [-0.1, -0.05) is 32.9 Å². The van der Waals surface area contributed by atoms with Crippen LogP contribution in [0.2, 0.25) is 0 Å². The first-order chi connectivity index (χ1) is 9.43. The first kappa shape index (κ1) is 17.2. The zero-order valence-corrected chi connectivity index (χ0v) is 13.7. The van der Waals surface area contributed by atoms with Crippen molar-refractivity contribution in [3.63, 3.8) is 0 Å². The van der Waals surface area contributed by atoms with Crippen molar-refractivity contribution in [2.24, 2.45) is 0 Å². The molecule has 0 radical (unpaired) electrons. The van der Waals surface area contributed by atoms with Gasteiger partial charge in [0.1, 0.15) is 6.54 Å². The molecule has 116 valence electrons. The molecule has 0 spiro atoms. The van der Waals surface area contributed by atoms with E-state index in [9.17, 15) is 9.59 Å². The molecule has 0 saturated heterocycles. The maximum atomic E-state index is 12.6. The topological polar surface area (TPSA) is 57.6 Å². The summed E-state index contributed by atoms with van der Waals surface area (Å²) in [7, 11) is 0. The number of carboxylic acids is 1. The zero-order chi connectivity index (χ0) is 16.4. The second-order valence-corrected chi connectivity index (χ2v) is 7.28. The minimum Gasteiger partial charge on any atom is -0.480 e. The summed E-state index contributed by atoms with van der Waals surface area (Å²) in [5.41, 5.74) is 1.13. The summed E-state index contributed by atoms with van der Waals surface area (Å²) in [5, 5.41) is 9.00. The van der Waals surface area contributed by atoms with Crippen molar-refractivity contribution in [3.05, 3.63) is 35.4 Å². The predicted octanol–water partition coefficient (Wildman–Crippen LogP) is 3.31. The van der Waals surface area contributed by atoms with Crippen LogP contribution < -0.4 is 0 Å². The number of carbonyl (C=O) groups excluding carboxylic acids is 1. The maximum Gasteiger partial charge on any atom is 0.323 e. The van der Waals surface area contributed by atoms with Crippen molar-refractivity contribution in [2.45, 2.75) is 52.5 Å². The van der Waals surface area contributed by atoms with E-state index >= 15 is 0 Å². The number of carbonyl (C=O) groups is 2. The normalized spacial score (nSPS) is 12.1. The Labute approximate surface area is 126 Å². The molecule has 1 rings (SSSR count). The Morgan fingerprint density at radius 2 is 1.48 bits per heavy atom. The number of hydrogen-bond donors (Lipinski definition) is 1. The molecule has 21 heavy (non-hydrogen) atoms. The third-order valence-corrected chi connectivity index (χ3v) is 3.35. The van der Waals surface area contributed by atoms with E-state index < -0.39 is 11.5 Å². The Morgan fingerprint density at radius 1 is 1.00 bits per heavy atom. The fourth-order valence-electron chi connectivity index (χ4n) is 2.02. The van der Waals surface area contributed by atoms with Gasteiger partial charge in [0, 0.05) is 11.1 Å². The number of benzene rings is 1. The first-order valence-electron chi connectivity index (χ1n) is 7.07. The number of aliphatic carboxylic acids is 1. The van der Waals surface area contributed by atoms with Crippen LogP contribution in [-0.2, 0) is 10.2 Å². The van der Waals surface area contributed by atoms with E-state index in [0.717, 1.165) is 5.56 Å². The minimum atomic E-state index is -1.01. The molecule has 1 aromatic carbocycles. The van der Waals surface area contributed by atoms with Gasteiger partial charge in [0.25, 0.3) is 5.91 Å². The lowest BCUT2D eigenvalue weighted by Crippen LogP contribution is -2.48. The Balaban J connectivity index is 3.07. The molecule has 0 bridgehead atoms. The number of carboxylic acid groups (broad SMARTS) is 1. The monoisotopic (exact) mass is 291 g/mol. The van der Waals surface area contributed by atoms with Crippen LogP contribution in [0.1, 0.15) is 57.5 Å². The number of hydrogen-bond acceptors (Lipinski definition) is 2. The fraction of sp³-hybridized carbons (Fsp3) is 0.529. The standard InChI is InChI=1S/C17H25NO3/c1-16(2,3)13-9-7-12(8-10-13)15(21)18(11-14(19)20)17(4,5)6/h7-10H,11H2,1-6H3,(H,19,20). The summed E-state index contributed by atoms with van der Waals surface area (Å²) in [6, 6.07) is 7.39. The molecule has 0 saturated carbocycles. The van der Waals surface area contributed by atoms with Gasteiger partial charge >= 0.3 is 5.97 Å². The van der Waals surface area contributed by atoms with Crippen LogP contribution >= 0.6 is 0 Å².